The standard InChI is InChI=1S/C38H25NS/c1-2-11-27(12-3-1)33-16-8-9-17-36(33)39(31-19-18-26-10-4-5-13-28(26)22-31)32-20-21-34-35-23-29-14-6-7-15-30(29)24-37(35)40-38(34)25-32/h1-25H. The first-order chi connectivity index (χ1) is 19.8. The van der Waals surface area contributed by atoms with Gasteiger partial charge in [0.25, 0.3) is 0 Å². The van der Waals surface area contributed by atoms with Crippen LogP contribution in [-0.4, -0.2) is 0 Å². The van der Waals surface area contributed by atoms with Crippen LogP contribution in [0.1, 0.15) is 0 Å². The fourth-order valence-electron chi connectivity index (χ4n) is 5.86. The van der Waals surface area contributed by atoms with Gasteiger partial charge < -0.3 is 4.90 Å². The number of hydrogen-bond donors (Lipinski definition) is 0. The second-order valence-corrected chi connectivity index (χ2v) is 11.3. The van der Waals surface area contributed by atoms with Crippen molar-refractivity contribution >= 4 is 70.1 Å². The van der Waals surface area contributed by atoms with Gasteiger partial charge in [-0.15, -0.1) is 11.3 Å². The molecule has 0 atom stereocenters. The Morgan fingerprint density at radius 3 is 1.82 bits per heavy atom. The average Bonchev–Trinajstić information content (AvgIpc) is 3.37. The van der Waals surface area contributed by atoms with E-state index in [2.05, 4.69) is 157 Å². The molecule has 8 rings (SSSR count). The summed E-state index contributed by atoms with van der Waals surface area (Å²) in [5, 5.41) is 7.69. The topological polar surface area (TPSA) is 3.24 Å². The normalized spacial score (nSPS) is 11.5. The van der Waals surface area contributed by atoms with Crippen molar-refractivity contribution in [2.75, 3.05) is 4.90 Å². The van der Waals surface area contributed by atoms with Crippen LogP contribution >= 0.6 is 11.3 Å². The molecule has 0 bridgehead atoms. The first kappa shape index (κ1) is 23.0. The van der Waals surface area contributed by atoms with Gasteiger partial charge in [0.05, 0.1) is 5.69 Å². The molecule has 0 saturated heterocycles. The number of anilines is 3. The van der Waals surface area contributed by atoms with Gasteiger partial charge in [-0.05, 0) is 69.6 Å². The van der Waals surface area contributed by atoms with Gasteiger partial charge in [-0.1, -0.05) is 109 Å². The second kappa shape index (κ2) is 9.37. The van der Waals surface area contributed by atoms with Crippen LogP contribution in [0.3, 0.4) is 0 Å². The highest BCUT2D eigenvalue weighted by Gasteiger charge is 2.18. The maximum absolute atomic E-state index is 2.41. The zero-order valence-electron chi connectivity index (χ0n) is 21.8. The summed E-state index contributed by atoms with van der Waals surface area (Å²) in [5.41, 5.74) is 5.88. The van der Waals surface area contributed by atoms with E-state index in [4.69, 9.17) is 0 Å². The summed E-state index contributed by atoms with van der Waals surface area (Å²) in [6.45, 7) is 0. The predicted octanol–water partition coefficient (Wildman–Crippen LogP) is 11.5. The molecule has 1 heterocycles. The molecule has 0 aliphatic carbocycles. The Hall–Kier alpha value is -4.92. The quantitative estimate of drug-likeness (QED) is 0.220. The van der Waals surface area contributed by atoms with E-state index in [0.29, 0.717) is 0 Å². The van der Waals surface area contributed by atoms with Gasteiger partial charge >= 0.3 is 0 Å². The van der Waals surface area contributed by atoms with Gasteiger partial charge in [-0.3, -0.25) is 0 Å². The number of para-hydroxylation sites is 1. The minimum atomic E-state index is 1.15. The lowest BCUT2D eigenvalue weighted by Gasteiger charge is -2.28. The Morgan fingerprint density at radius 2 is 1.00 bits per heavy atom. The maximum atomic E-state index is 2.41. The van der Waals surface area contributed by atoms with E-state index in [1.165, 1.54) is 52.8 Å². The number of thiophene rings is 1. The zero-order chi connectivity index (χ0) is 26.5. The van der Waals surface area contributed by atoms with E-state index in [1.54, 1.807) is 0 Å². The van der Waals surface area contributed by atoms with Crippen molar-refractivity contribution in [2.24, 2.45) is 0 Å². The molecule has 0 unspecified atom stereocenters. The van der Waals surface area contributed by atoms with Gasteiger partial charge in [0, 0.05) is 37.1 Å². The highest BCUT2D eigenvalue weighted by Crippen LogP contribution is 2.44. The van der Waals surface area contributed by atoms with E-state index in [-0.39, 0.29) is 0 Å². The van der Waals surface area contributed by atoms with E-state index in [0.717, 1.165) is 17.1 Å². The average molecular weight is 528 g/mol. The van der Waals surface area contributed by atoms with E-state index in [1.807, 2.05) is 11.3 Å². The summed E-state index contributed by atoms with van der Waals surface area (Å²) in [6, 6.07) is 55.0. The molecule has 7 aromatic carbocycles. The Labute approximate surface area is 237 Å². The minimum Gasteiger partial charge on any atom is -0.310 e. The predicted molar refractivity (Wildman–Crippen MR) is 174 cm³/mol. The van der Waals surface area contributed by atoms with Gasteiger partial charge in [0.1, 0.15) is 0 Å². The number of hydrogen-bond acceptors (Lipinski definition) is 2. The van der Waals surface area contributed by atoms with Crippen molar-refractivity contribution in [3.8, 4) is 11.1 Å². The lowest BCUT2D eigenvalue weighted by atomic mass is 10.0. The molecule has 0 aliphatic rings. The molecule has 0 saturated carbocycles. The van der Waals surface area contributed by atoms with Crippen molar-refractivity contribution in [3.63, 3.8) is 0 Å². The van der Waals surface area contributed by atoms with E-state index < -0.39 is 0 Å². The molecule has 40 heavy (non-hydrogen) atoms. The van der Waals surface area contributed by atoms with Crippen LogP contribution in [0.5, 0.6) is 0 Å². The monoisotopic (exact) mass is 527 g/mol. The number of nitrogens with zero attached hydrogens (tertiary/aromatic N) is 1. The van der Waals surface area contributed by atoms with Gasteiger partial charge in [-0.25, -0.2) is 0 Å². The molecular formula is C38H25NS. The van der Waals surface area contributed by atoms with Crippen LogP contribution in [0.4, 0.5) is 17.1 Å². The number of fused-ring (bicyclic) bond motifs is 5. The summed E-state index contributed by atoms with van der Waals surface area (Å²) in [4.78, 5) is 2.41. The lowest BCUT2D eigenvalue weighted by Crippen LogP contribution is -2.11. The summed E-state index contributed by atoms with van der Waals surface area (Å²) in [7, 11) is 0. The van der Waals surface area contributed by atoms with Crippen molar-refractivity contribution in [2.45, 2.75) is 0 Å². The van der Waals surface area contributed by atoms with Crippen LogP contribution in [0.2, 0.25) is 0 Å². The van der Waals surface area contributed by atoms with Crippen LogP contribution in [0.15, 0.2) is 152 Å². The molecule has 1 nitrogen and oxygen atoms in total. The van der Waals surface area contributed by atoms with Crippen molar-refractivity contribution < 1.29 is 0 Å². The van der Waals surface area contributed by atoms with Crippen LogP contribution < -0.4 is 4.90 Å². The Balaban J connectivity index is 1.37. The molecule has 0 spiro atoms. The molecule has 0 radical (unpaired) electrons. The molecule has 188 valence electrons. The first-order valence-electron chi connectivity index (χ1n) is 13.6. The largest absolute Gasteiger partial charge is 0.310 e. The van der Waals surface area contributed by atoms with E-state index in [9.17, 15) is 0 Å². The number of rotatable bonds is 4. The third-order valence-corrected chi connectivity index (χ3v) is 8.92. The van der Waals surface area contributed by atoms with Crippen LogP contribution in [0.25, 0.3) is 52.8 Å². The Kier molecular flexibility index (Phi) is 5.39. The lowest BCUT2D eigenvalue weighted by molar-refractivity contribution is 1.30. The summed E-state index contributed by atoms with van der Waals surface area (Å²) in [6.07, 6.45) is 0. The van der Waals surface area contributed by atoms with E-state index >= 15 is 0 Å². The van der Waals surface area contributed by atoms with Gasteiger partial charge in [-0.2, -0.15) is 0 Å². The van der Waals surface area contributed by atoms with Crippen LogP contribution in [-0.2, 0) is 0 Å². The highest BCUT2D eigenvalue weighted by molar-refractivity contribution is 7.25. The molecule has 1 aromatic heterocycles. The van der Waals surface area contributed by atoms with Crippen molar-refractivity contribution in [3.05, 3.63) is 152 Å². The molecule has 0 aliphatic heterocycles. The Bertz CT molecular complexity index is 2170. The second-order valence-electron chi connectivity index (χ2n) is 10.2. The van der Waals surface area contributed by atoms with Crippen LogP contribution in [0, 0.1) is 0 Å². The van der Waals surface area contributed by atoms with Crippen molar-refractivity contribution in [1.29, 1.82) is 0 Å². The third kappa shape index (κ3) is 3.85. The molecule has 2 heteroatoms. The SMILES string of the molecule is c1ccc(-c2ccccc2N(c2ccc3ccccc3c2)c2ccc3c(c2)sc2cc4ccccc4cc23)cc1. The first-order valence-corrected chi connectivity index (χ1v) is 14.4. The molecule has 0 N–H and O–H groups in total. The maximum Gasteiger partial charge on any atom is 0.0540 e. The summed E-state index contributed by atoms with van der Waals surface area (Å²) >= 11 is 1.87. The molecule has 0 amide bonds. The Morgan fingerprint density at radius 1 is 0.400 bits per heavy atom. The van der Waals surface area contributed by atoms with Gasteiger partial charge in [0.15, 0.2) is 0 Å². The van der Waals surface area contributed by atoms with Gasteiger partial charge in [0.2, 0.25) is 0 Å². The minimum absolute atomic E-state index is 1.15. The fraction of sp³-hybridized carbons (Fsp3) is 0. The third-order valence-electron chi connectivity index (χ3n) is 7.80. The summed E-state index contributed by atoms with van der Waals surface area (Å²) < 4.78 is 2.62. The fourth-order valence-corrected chi connectivity index (χ4v) is 7.03. The summed E-state index contributed by atoms with van der Waals surface area (Å²) in [5.74, 6) is 0. The highest BCUT2D eigenvalue weighted by atomic mass is 32.1. The molecular weight excluding hydrogens is 502 g/mol. The molecule has 8 aromatic rings. The zero-order valence-corrected chi connectivity index (χ0v) is 22.6. The molecule has 0 fully saturated rings. The smallest absolute Gasteiger partial charge is 0.0540 e. The van der Waals surface area contributed by atoms with Crippen molar-refractivity contribution in [1.82, 2.24) is 0 Å². The number of benzene rings is 7.